The van der Waals surface area contributed by atoms with Crippen LogP contribution in [0, 0.1) is 0 Å². The summed E-state index contributed by atoms with van der Waals surface area (Å²) < 4.78 is 0. The largest absolute Gasteiger partial charge is 0.397 e. The molecular weight excluding hydrogens is 242 g/mol. The number of pyridine rings is 1. The van der Waals surface area contributed by atoms with Crippen LogP contribution in [0.5, 0.6) is 0 Å². The van der Waals surface area contributed by atoms with E-state index >= 15 is 0 Å². The molecule has 1 amide bonds. The highest BCUT2D eigenvalue weighted by Crippen LogP contribution is 2.26. The summed E-state index contributed by atoms with van der Waals surface area (Å²) in [6.07, 6.45) is 3.78. The van der Waals surface area contributed by atoms with Crippen LogP contribution >= 0.6 is 0 Å². The molecule has 19 heavy (non-hydrogen) atoms. The van der Waals surface area contributed by atoms with E-state index in [2.05, 4.69) is 28.9 Å². The Bertz CT molecular complexity index is 474. The first-order valence-corrected chi connectivity index (χ1v) is 6.45. The van der Waals surface area contributed by atoms with E-state index in [1.54, 1.807) is 6.07 Å². The Hall–Kier alpha value is -1.82. The van der Waals surface area contributed by atoms with Crippen LogP contribution in [0.4, 0.5) is 11.5 Å². The summed E-state index contributed by atoms with van der Waals surface area (Å²) in [5.74, 6) is 0.275. The molecule has 0 radical (unpaired) electrons. The molecule has 1 aliphatic rings. The van der Waals surface area contributed by atoms with Gasteiger partial charge in [-0.15, -0.1) is 0 Å². The van der Waals surface area contributed by atoms with Crippen molar-refractivity contribution in [1.82, 2.24) is 9.88 Å². The summed E-state index contributed by atoms with van der Waals surface area (Å²) in [6.45, 7) is 1.92. The third-order valence-corrected chi connectivity index (χ3v) is 3.43. The van der Waals surface area contributed by atoms with Gasteiger partial charge in [-0.2, -0.15) is 0 Å². The number of hydrogen-bond acceptors (Lipinski definition) is 5. The van der Waals surface area contributed by atoms with Crippen LogP contribution < -0.4 is 16.4 Å². The van der Waals surface area contributed by atoms with Crippen LogP contribution in [-0.2, 0) is 0 Å². The number of anilines is 2. The lowest BCUT2D eigenvalue weighted by Gasteiger charge is -2.28. The van der Waals surface area contributed by atoms with Gasteiger partial charge < -0.3 is 21.3 Å². The minimum atomic E-state index is -0.510. The Kier molecular flexibility index (Phi) is 3.90. The molecule has 2 rings (SSSR count). The molecule has 1 aliphatic heterocycles. The van der Waals surface area contributed by atoms with Crippen LogP contribution in [-0.4, -0.2) is 49.0 Å². The van der Waals surface area contributed by atoms with Crippen LogP contribution in [0.15, 0.2) is 12.3 Å². The third kappa shape index (κ3) is 2.96. The minimum absolute atomic E-state index is 0.333. The zero-order valence-electron chi connectivity index (χ0n) is 11.5. The van der Waals surface area contributed by atoms with Crippen molar-refractivity contribution in [3.8, 4) is 0 Å². The summed E-state index contributed by atoms with van der Waals surface area (Å²) in [4.78, 5) is 20.1. The van der Waals surface area contributed by atoms with Crippen molar-refractivity contribution >= 4 is 17.4 Å². The smallest absolute Gasteiger partial charge is 0.250 e. The summed E-state index contributed by atoms with van der Waals surface area (Å²) in [7, 11) is 4.11. The molecule has 6 heteroatoms. The van der Waals surface area contributed by atoms with Crippen LogP contribution in [0.1, 0.15) is 23.2 Å². The number of nitrogens with two attached hydrogens (primary N) is 2. The van der Waals surface area contributed by atoms with Gasteiger partial charge in [0.2, 0.25) is 0 Å². The molecular formula is C13H21N5O. The van der Waals surface area contributed by atoms with E-state index in [4.69, 9.17) is 11.5 Å². The summed E-state index contributed by atoms with van der Waals surface area (Å²) in [5, 5.41) is 0. The van der Waals surface area contributed by atoms with Crippen molar-refractivity contribution in [3.05, 3.63) is 17.8 Å². The quantitative estimate of drug-likeness (QED) is 0.815. The number of amides is 1. The average molecular weight is 263 g/mol. The number of rotatable bonds is 4. The van der Waals surface area contributed by atoms with Gasteiger partial charge in [-0.05, 0) is 33.0 Å². The fourth-order valence-electron chi connectivity index (χ4n) is 2.57. The Morgan fingerprint density at radius 3 is 2.95 bits per heavy atom. The molecule has 0 aromatic carbocycles. The lowest BCUT2D eigenvalue weighted by Crippen LogP contribution is -2.38. The van der Waals surface area contributed by atoms with Crippen molar-refractivity contribution in [2.75, 3.05) is 37.8 Å². The number of aromatic nitrogens is 1. The van der Waals surface area contributed by atoms with Crippen molar-refractivity contribution in [2.24, 2.45) is 5.73 Å². The SMILES string of the molecule is CN(C)CC1CCCN1c1cc(C(N)=O)c(N)cn1. The average Bonchev–Trinajstić information content (AvgIpc) is 2.76. The van der Waals surface area contributed by atoms with E-state index in [9.17, 15) is 4.79 Å². The first-order valence-electron chi connectivity index (χ1n) is 6.45. The summed E-state index contributed by atoms with van der Waals surface area (Å²) in [5.41, 5.74) is 11.7. The Balaban J connectivity index is 2.25. The number of nitrogen functional groups attached to an aromatic ring is 1. The van der Waals surface area contributed by atoms with E-state index < -0.39 is 5.91 Å². The predicted octanol–water partition coefficient (Wildman–Crippen LogP) is 0.293. The fraction of sp³-hybridized carbons (Fsp3) is 0.538. The van der Waals surface area contributed by atoms with E-state index in [-0.39, 0.29) is 0 Å². The molecule has 2 heterocycles. The maximum absolute atomic E-state index is 11.3. The molecule has 0 saturated carbocycles. The molecule has 1 unspecified atom stereocenters. The standard InChI is InChI=1S/C13H21N5O/c1-17(2)8-9-4-3-5-18(9)12-6-10(13(15)19)11(14)7-16-12/h6-7,9H,3-5,8,14H2,1-2H3,(H2,15,19). The van der Waals surface area contributed by atoms with Gasteiger partial charge in [-0.25, -0.2) is 4.98 Å². The molecule has 104 valence electrons. The van der Waals surface area contributed by atoms with Crippen molar-refractivity contribution in [2.45, 2.75) is 18.9 Å². The third-order valence-electron chi connectivity index (χ3n) is 3.43. The van der Waals surface area contributed by atoms with Gasteiger partial charge >= 0.3 is 0 Å². The molecule has 0 spiro atoms. The number of hydrogen-bond donors (Lipinski definition) is 2. The second kappa shape index (κ2) is 5.44. The first kappa shape index (κ1) is 13.6. The summed E-state index contributed by atoms with van der Waals surface area (Å²) in [6, 6.07) is 2.12. The van der Waals surface area contributed by atoms with Crippen LogP contribution in [0.3, 0.4) is 0 Å². The van der Waals surface area contributed by atoms with Gasteiger partial charge in [0.15, 0.2) is 0 Å². The second-order valence-electron chi connectivity index (χ2n) is 5.25. The van der Waals surface area contributed by atoms with Crippen molar-refractivity contribution in [1.29, 1.82) is 0 Å². The lowest BCUT2D eigenvalue weighted by molar-refractivity contribution is 0.100. The van der Waals surface area contributed by atoms with E-state index in [1.807, 2.05) is 0 Å². The minimum Gasteiger partial charge on any atom is -0.397 e. The monoisotopic (exact) mass is 263 g/mol. The number of carbonyl (C=O) groups excluding carboxylic acids is 1. The van der Waals surface area contributed by atoms with Crippen LogP contribution in [0.25, 0.3) is 0 Å². The highest BCUT2D eigenvalue weighted by atomic mass is 16.1. The molecule has 1 aromatic heterocycles. The van der Waals surface area contributed by atoms with Gasteiger partial charge in [0.05, 0.1) is 17.4 Å². The highest BCUT2D eigenvalue weighted by molar-refractivity contribution is 5.98. The lowest BCUT2D eigenvalue weighted by atomic mass is 10.2. The molecule has 1 aromatic rings. The molecule has 6 nitrogen and oxygen atoms in total. The van der Waals surface area contributed by atoms with Gasteiger partial charge in [0.25, 0.3) is 5.91 Å². The molecule has 1 saturated heterocycles. The maximum atomic E-state index is 11.3. The van der Waals surface area contributed by atoms with Gasteiger partial charge in [0.1, 0.15) is 5.82 Å². The maximum Gasteiger partial charge on any atom is 0.250 e. The van der Waals surface area contributed by atoms with Crippen molar-refractivity contribution in [3.63, 3.8) is 0 Å². The zero-order chi connectivity index (χ0) is 14.0. The molecule has 1 fully saturated rings. The van der Waals surface area contributed by atoms with Gasteiger partial charge in [-0.1, -0.05) is 0 Å². The normalized spacial score (nSPS) is 19.1. The zero-order valence-corrected chi connectivity index (χ0v) is 11.5. The number of carbonyl (C=O) groups is 1. The first-order chi connectivity index (χ1) is 8.99. The Morgan fingerprint density at radius 1 is 1.58 bits per heavy atom. The topological polar surface area (TPSA) is 88.5 Å². The molecule has 4 N–H and O–H groups in total. The number of primary amides is 1. The molecule has 0 bridgehead atoms. The highest BCUT2D eigenvalue weighted by Gasteiger charge is 2.26. The van der Waals surface area contributed by atoms with Gasteiger partial charge in [-0.3, -0.25) is 4.79 Å². The summed E-state index contributed by atoms with van der Waals surface area (Å²) >= 11 is 0. The van der Waals surface area contributed by atoms with E-state index in [0.29, 0.717) is 17.3 Å². The molecule has 0 aliphatic carbocycles. The second-order valence-corrected chi connectivity index (χ2v) is 5.25. The predicted molar refractivity (Wildman–Crippen MR) is 76.1 cm³/mol. The van der Waals surface area contributed by atoms with Crippen molar-refractivity contribution < 1.29 is 4.79 Å². The van der Waals surface area contributed by atoms with E-state index in [1.165, 1.54) is 6.20 Å². The van der Waals surface area contributed by atoms with E-state index in [0.717, 1.165) is 31.7 Å². The van der Waals surface area contributed by atoms with Crippen LogP contribution in [0.2, 0.25) is 0 Å². The molecule has 1 atom stereocenters. The fourth-order valence-corrected chi connectivity index (χ4v) is 2.57. The number of likely N-dealkylation sites (N-methyl/N-ethyl adjacent to an activating group) is 1. The number of nitrogens with zero attached hydrogens (tertiary/aromatic N) is 3. The van der Waals surface area contributed by atoms with Gasteiger partial charge in [0, 0.05) is 19.1 Å². The Labute approximate surface area is 113 Å². The Morgan fingerprint density at radius 2 is 2.32 bits per heavy atom.